The molecule has 152 valence electrons. The minimum Gasteiger partial charge on any atom is -0.349 e. The molecular formula is C19H23Cl2N3O4. The Balaban J connectivity index is 1.95. The zero-order valence-corrected chi connectivity index (χ0v) is 17.6. The number of hydrogen-bond donors (Lipinski definition) is 0. The van der Waals surface area contributed by atoms with Gasteiger partial charge in [0, 0.05) is 47.2 Å². The van der Waals surface area contributed by atoms with E-state index in [9.17, 15) is 19.2 Å². The van der Waals surface area contributed by atoms with E-state index >= 15 is 0 Å². The number of Topliss-reactive ketones (excluding diaryl/α,β-unsaturated/α-hetero) is 1. The molecule has 0 radical (unpaired) electrons. The number of hydrogen-bond acceptors (Lipinski definition) is 4. The smallest absolute Gasteiger partial charge is 0.290 e. The zero-order valence-electron chi connectivity index (χ0n) is 16.1. The van der Waals surface area contributed by atoms with Gasteiger partial charge in [-0.25, -0.2) is 0 Å². The Morgan fingerprint density at radius 3 is 2.43 bits per heavy atom. The fourth-order valence-corrected chi connectivity index (χ4v) is 3.30. The monoisotopic (exact) mass is 427 g/mol. The highest BCUT2D eigenvalue weighted by Crippen LogP contribution is 2.24. The summed E-state index contributed by atoms with van der Waals surface area (Å²) in [6.45, 7) is 0.549. The van der Waals surface area contributed by atoms with Gasteiger partial charge >= 0.3 is 0 Å². The number of rotatable bonds is 7. The Morgan fingerprint density at radius 2 is 1.82 bits per heavy atom. The number of ketones is 1. The van der Waals surface area contributed by atoms with E-state index in [2.05, 4.69) is 0 Å². The van der Waals surface area contributed by atoms with Crippen molar-refractivity contribution in [3.05, 3.63) is 33.8 Å². The van der Waals surface area contributed by atoms with Gasteiger partial charge in [-0.1, -0.05) is 29.3 Å². The second-order valence-corrected chi connectivity index (χ2v) is 7.82. The Labute approximate surface area is 174 Å². The predicted octanol–water partition coefficient (Wildman–Crippen LogP) is 1.85. The lowest BCUT2D eigenvalue weighted by Crippen LogP contribution is -2.36. The van der Waals surface area contributed by atoms with Gasteiger partial charge in [0.15, 0.2) is 0 Å². The summed E-state index contributed by atoms with van der Waals surface area (Å²) in [6, 6.07) is 5.04. The summed E-state index contributed by atoms with van der Waals surface area (Å²) in [5, 5.41) is 0.796. The molecule has 7 nitrogen and oxygen atoms in total. The van der Waals surface area contributed by atoms with Crippen LogP contribution in [0.1, 0.15) is 18.4 Å². The van der Waals surface area contributed by atoms with Crippen LogP contribution in [0.5, 0.6) is 0 Å². The van der Waals surface area contributed by atoms with Gasteiger partial charge in [0.1, 0.15) is 5.92 Å². The number of carbonyl (C=O) groups is 4. The fraction of sp³-hybridized carbons (Fsp3) is 0.474. The Morgan fingerprint density at radius 1 is 1.14 bits per heavy atom. The van der Waals surface area contributed by atoms with Crippen LogP contribution in [-0.4, -0.2) is 72.4 Å². The third-order valence-electron chi connectivity index (χ3n) is 4.61. The molecule has 1 aliphatic rings. The molecule has 1 heterocycles. The van der Waals surface area contributed by atoms with Crippen molar-refractivity contribution in [1.82, 2.24) is 14.7 Å². The number of benzene rings is 1. The van der Waals surface area contributed by atoms with Gasteiger partial charge in [-0.15, -0.1) is 0 Å². The molecule has 9 heteroatoms. The van der Waals surface area contributed by atoms with Gasteiger partial charge in [0.2, 0.25) is 17.6 Å². The van der Waals surface area contributed by atoms with Crippen molar-refractivity contribution >= 4 is 46.7 Å². The zero-order chi connectivity index (χ0) is 21.0. The molecule has 3 amide bonds. The lowest BCUT2D eigenvalue weighted by Gasteiger charge is -2.21. The average Bonchev–Trinajstić information content (AvgIpc) is 2.92. The molecule has 1 unspecified atom stereocenters. The largest absolute Gasteiger partial charge is 0.349 e. The standard InChI is InChI=1S/C19H23Cl2N3O4/c1-22(2)16(25)5-4-8-24-11-13(17(26)19(24)28)18(27)23(3)10-12-6-7-14(20)15(21)9-12/h6-7,9,13H,4-5,8,10-11H2,1-3H3. The average molecular weight is 428 g/mol. The lowest BCUT2D eigenvalue weighted by atomic mass is 10.1. The van der Waals surface area contributed by atoms with E-state index in [-0.39, 0.29) is 32.0 Å². The van der Waals surface area contributed by atoms with Crippen molar-refractivity contribution in [2.75, 3.05) is 34.2 Å². The Kier molecular flexibility index (Phi) is 7.43. The maximum Gasteiger partial charge on any atom is 0.290 e. The molecular weight excluding hydrogens is 405 g/mol. The highest BCUT2D eigenvalue weighted by atomic mass is 35.5. The summed E-state index contributed by atoms with van der Waals surface area (Å²) in [7, 11) is 4.89. The van der Waals surface area contributed by atoms with Gasteiger partial charge < -0.3 is 14.7 Å². The molecule has 28 heavy (non-hydrogen) atoms. The molecule has 1 fully saturated rings. The van der Waals surface area contributed by atoms with Crippen LogP contribution in [0.15, 0.2) is 18.2 Å². The summed E-state index contributed by atoms with van der Waals surface area (Å²) in [5.74, 6) is -2.86. The van der Waals surface area contributed by atoms with Gasteiger partial charge in [0.25, 0.3) is 5.91 Å². The molecule has 1 saturated heterocycles. The number of likely N-dealkylation sites (tertiary alicyclic amines) is 1. The van der Waals surface area contributed by atoms with E-state index in [1.807, 2.05) is 0 Å². The first-order valence-electron chi connectivity index (χ1n) is 8.84. The highest BCUT2D eigenvalue weighted by Gasteiger charge is 2.43. The molecule has 1 aromatic rings. The number of carbonyl (C=O) groups excluding carboxylic acids is 4. The van der Waals surface area contributed by atoms with Crippen molar-refractivity contribution in [2.24, 2.45) is 5.92 Å². The van der Waals surface area contributed by atoms with Crippen LogP contribution < -0.4 is 0 Å². The topological polar surface area (TPSA) is 78.0 Å². The molecule has 0 bridgehead atoms. The summed E-state index contributed by atoms with van der Waals surface area (Å²) in [4.78, 5) is 53.0. The van der Waals surface area contributed by atoms with Gasteiger partial charge in [0.05, 0.1) is 10.0 Å². The first-order chi connectivity index (χ1) is 13.1. The van der Waals surface area contributed by atoms with Crippen LogP contribution in [0.25, 0.3) is 0 Å². The maximum absolute atomic E-state index is 12.7. The summed E-state index contributed by atoms with van der Waals surface area (Å²) in [5.41, 5.74) is 0.765. The van der Waals surface area contributed by atoms with Gasteiger partial charge in [-0.05, 0) is 24.1 Å². The minimum atomic E-state index is -1.02. The van der Waals surface area contributed by atoms with Crippen LogP contribution in [0.3, 0.4) is 0 Å². The molecule has 0 N–H and O–H groups in total. The highest BCUT2D eigenvalue weighted by molar-refractivity contribution is 6.42. The second kappa shape index (κ2) is 9.39. The van der Waals surface area contributed by atoms with Crippen molar-refractivity contribution < 1.29 is 19.2 Å². The van der Waals surface area contributed by atoms with Crippen LogP contribution in [0.4, 0.5) is 0 Å². The number of amides is 3. The quantitative estimate of drug-likeness (QED) is 0.491. The fourth-order valence-electron chi connectivity index (χ4n) is 2.97. The second-order valence-electron chi connectivity index (χ2n) is 7.00. The van der Waals surface area contributed by atoms with E-state index < -0.39 is 23.5 Å². The van der Waals surface area contributed by atoms with Crippen molar-refractivity contribution in [2.45, 2.75) is 19.4 Å². The third-order valence-corrected chi connectivity index (χ3v) is 5.35. The first kappa shape index (κ1) is 22.2. The van der Waals surface area contributed by atoms with Crippen LogP contribution in [0, 0.1) is 5.92 Å². The third kappa shape index (κ3) is 5.23. The summed E-state index contributed by atoms with van der Waals surface area (Å²) < 4.78 is 0. The predicted molar refractivity (Wildman–Crippen MR) is 106 cm³/mol. The van der Waals surface area contributed by atoms with Crippen molar-refractivity contribution in [1.29, 1.82) is 0 Å². The Bertz CT molecular complexity index is 797. The van der Waals surface area contributed by atoms with Gasteiger partial charge in [-0.3, -0.25) is 19.2 Å². The number of halogens is 2. The lowest BCUT2D eigenvalue weighted by molar-refractivity contribution is -0.144. The van der Waals surface area contributed by atoms with E-state index in [0.717, 1.165) is 5.56 Å². The van der Waals surface area contributed by atoms with E-state index in [1.165, 1.54) is 14.7 Å². The van der Waals surface area contributed by atoms with E-state index in [4.69, 9.17) is 23.2 Å². The molecule has 0 aliphatic carbocycles. The molecule has 2 rings (SSSR count). The molecule has 0 spiro atoms. The first-order valence-corrected chi connectivity index (χ1v) is 9.59. The summed E-state index contributed by atoms with van der Waals surface area (Å²) in [6.07, 6.45) is 0.719. The van der Waals surface area contributed by atoms with Crippen LogP contribution in [0.2, 0.25) is 10.0 Å². The van der Waals surface area contributed by atoms with Crippen molar-refractivity contribution in [3.63, 3.8) is 0 Å². The molecule has 1 atom stereocenters. The SMILES string of the molecule is CN(C)C(=O)CCCN1CC(C(=O)N(C)Cc2ccc(Cl)c(Cl)c2)C(=O)C1=O. The minimum absolute atomic E-state index is 0.0400. The maximum atomic E-state index is 12.7. The van der Waals surface area contributed by atoms with Gasteiger partial charge in [-0.2, -0.15) is 0 Å². The van der Waals surface area contributed by atoms with E-state index in [0.29, 0.717) is 16.5 Å². The Hall–Kier alpha value is -2.12. The summed E-state index contributed by atoms with van der Waals surface area (Å²) >= 11 is 11.9. The molecule has 0 saturated carbocycles. The normalized spacial score (nSPS) is 16.5. The van der Waals surface area contributed by atoms with Crippen molar-refractivity contribution in [3.8, 4) is 0 Å². The molecule has 0 aromatic heterocycles. The van der Waals surface area contributed by atoms with Crippen LogP contribution in [-0.2, 0) is 25.7 Å². The molecule has 1 aliphatic heterocycles. The molecule has 1 aromatic carbocycles. The van der Waals surface area contributed by atoms with Crippen LogP contribution >= 0.6 is 23.2 Å². The number of nitrogens with zero attached hydrogens (tertiary/aromatic N) is 3. The van der Waals surface area contributed by atoms with E-state index in [1.54, 1.807) is 39.3 Å².